The van der Waals surface area contributed by atoms with Crippen molar-refractivity contribution < 1.29 is 4.79 Å². The number of carbonyl (C=O) groups excluding carboxylic acids is 1. The van der Waals surface area contributed by atoms with Gasteiger partial charge in [0.2, 0.25) is 5.91 Å². The topological polar surface area (TPSA) is 32.3 Å². The van der Waals surface area contributed by atoms with E-state index in [1.165, 1.54) is 58.0 Å². The molecule has 2 atom stereocenters. The van der Waals surface area contributed by atoms with Gasteiger partial charge in [-0.2, -0.15) is 0 Å². The van der Waals surface area contributed by atoms with Crippen LogP contribution in [0.4, 0.5) is 0 Å². The fourth-order valence-electron chi connectivity index (χ4n) is 4.99. The summed E-state index contributed by atoms with van der Waals surface area (Å²) in [5.74, 6) is 2.48. The first-order chi connectivity index (χ1) is 9.29. The molecule has 4 aliphatic rings. The summed E-state index contributed by atoms with van der Waals surface area (Å²) in [4.78, 5) is 14.8. The van der Waals surface area contributed by atoms with Crippen LogP contribution in [0, 0.1) is 23.2 Å². The second-order valence-corrected chi connectivity index (χ2v) is 7.39. The highest BCUT2D eigenvalue weighted by Crippen LogP contribution is 2.56. The van der Waals surface area contributed by atoms with Gasteiger partial charge < -0.3 is 10.2 Å². The summed E-state index contributed by atoms with van der Waals surface area (Å²) in [5.41, 5.74) is 0.535. The Kier molecular flexibility index (Phi) is 2.87. The minimum atomic E-state index is 0.429. The fourth-order valence-corrected chi connectivity index (χ4v) is 4.99. The largest absolute Gasteiger partial charge is 0.342 e. The molecule has 2 saturated heterocycles. The van der Waals surface area contributed by atoms with E-state index in [1.54, 1.807) is 0 Å². The number of rotatable bonds is 1. The summed E-state index contributed by atoms with van der Waals surface area (Å²) in [5, 5.41) is 3.50. The monoisotopic (exact) mass is 262 g/mol. The van der Waals surface area contributed by atoms with Crippen LogP contribution in [-0.2, 0) is 4.79 Å². The van der Waals surface area contributed by atoms with Gasteiger partial charge in [0.25, 0.3) is 0 Å². The molecule has 0 aromatic carbocycles. The second kappa shape index (κ2) is 4.47. The second-order valence-electron chi connectivity index (χ2n) is 7.39. The zero-order valence-corrected chi connectivity index (χ0v) is 11.9. The first kappa shape index (κ1) is 12.2. The van der Waals surface area contributed by atoms with E-state index >= 15 is 0 Å². The van der Waals surface area contributed by atoms with Gasteiger partial charge in [-0.15, -0.1) is 0 Å². The summed E-state index contributed by atoms with van der Waals surface area (Å²) in [7, 11) is 0. The lowest BCUT2D eigenvalue weighted by atomic mass is 9.78. The molecular weight excluding hydrogens is 236 g/mol. The molecule has 2 unspecified atom stereocenters. The van der Waals surface area contributed by atoms with Crippen molar-refractivity contribution in [2.45, 2.75) is 44.9 Å². The molecule has 106 valence electrons. The molecule has 1 amide bonds. The Morgan fingerprint density at radius 3 is 2.32 bits per heavy atom. The van der Waals surface area contributed by atoms with Crippen molar-refractivity contribution in [3.63, 3.8) is 0 Å². The van der Waals surface area contributed by atoms with Crippen molar-refractivity contribution in [2.75, 3.05) is 26.2 Å². The van der Waals surface area contributed by atoms with Gasteiger partial charge in [0.05, 0.1) is 0 Å². The maximum atomic E-state index is 12.6. The Bertz CT molecular complexity index is 353. The van der Waals surface area contributed by atoms with Crippen LogP contribution in [0.3, 0.4) is 0 Å². The van der Waals surface area contributed by atoms with Crippen LogP contribution in [0.15, 0.2) is 0 Å². The average molecular weight is 262 g/mol. The Morgan fingerprint density at radius 1 is 1.05 bits per heavy atom. The third-order valence-corrected chi connectivity index (χ3v) is 6.41. The molecule has 2 aliphatic heterocycles. The molecule has 2 aliphatic carbocycles. The highest BCUT2D eigenvalue weighted by Gasteiger charge is 2.56. The van der Waals surface area contributed by atoms with Crippen molar-refractivity contribution in [1.82, 2.24) is 10.2 Å². The fraction of sp³-hybridized carbons (Fsp3) is 0.938. The van der Waals surface area contributed by atoms with Crippen LogP contribution in [0.5, 0.6) is 0 Å². The number of hydrogen-bond acceptors (Lipinski definition) is 2. The molecule has 3 heteroatoms. The lowest BCUT2D eigenvalue weighted by Crippen LogP contribution is -2.44. The highest BCUT2D eigenvalue weighted by atomic mass is 16.2. The van der Waals surface area contributed by atoms with Gasteiger partial charge in [0.15, 0.2) is 0 Å². The molecular formula is C16H26N2O. The Balaban J connectivity index is 1.35. The minimum Gasteiger partial charge on any atom is -0.342 e. The van der Waals surface area contributed by atoms with Gasteiger partial charge in [-0.1, -0.05) is 12.8 Å². The highest BCUT2D eigenvalue weighted by molar-refractivity contribution is 5.82. The van der Waals surface area contributed by atoms with Crippen LogP contribution in [0.2, 0.25) is 0 Å². The third kappa shape index (κ3) is 2.01. The van der Waals surface area contributed by atoms with E-state index in [4.69, 9.17) is 0 Å². The molecule has 3 nitrogen and oxygen atoms in total. The third-order valence-electron chi connectivity index (χ3n) is 6.41. The first-order valence-corrected chi connectivity index (χ1v) is 8.29. The number of nitrogens with one attached hydrogen (secondary N) is 1. The van der Waals surface area contributed by atoms with Crippen LogP contribution >= 0.6 is 0 Å². The molecule has 2 saturated carbocycles. The molecule has 0 aromatic rings. The standard InChI is InChI=1S/C16H26N2O/c19-15(14-12-3-1-2-4-13(12)14)18-9-6-16(7-10-18)5-8-17-11-16/h12-14,17H,1-11H2. The van der Waals surface area contributed by atoms with Gasteiger partial charge in [0.1, 0.15) is 0 Å². The quantitative estimate of drug-likeness (QED) is 0.784. The number of fused-ring (bicyclic) bond motifs is 1. The first-order valence-electron chi connectivity index (χ1n) is 8.29. The number of hydrogen-bond donors (Lipinski definition) is 1. The average Bonchev–Trinajstić information content (AvgIpc) is 3.02. The van der Waals surface area contributed by atoms with Crippen molar-refractivity contribution in [3.05, 3.63) is 0 Å². The van der Waals surface area contributed by atoms with Crippen LogP contribution in [0.1, 0.15) is 44.9 Å². The number of piperidine rings is 1. The Morgan fingerprint density at radius 2 is 1.74 bits per heavy atom. The molecule has 1 N–H and O–H groups in total. The van der Waals surface area contributed by atoms with E-state index in [0.717, 1.165) is 24.9 Å². The lowest BCUT2D eigenvalue weighted by molar-refractivity contribution is -0.135. The normalized spacial score (nSPS) is 40.2. The smallest absolute Gasteiger partial charge is 0.226 e. The molecule has 19 heavy (non-hydrogen) atoms. The summed E-state index contributed by atoms with van der Waals surface area (Å²) in [6.45, 7) is 4.41. The van der Waals surface area contributed by atoms with E-state index in [1.807, 2.05) is 0 Å². The van der Waals surface area contributed by atoms with Crippen molar-refractivity contribution in [2.24, 2.45) is 23.2 Å². The van der Waals surface area contributed by atoms with E-state index in [9.17, 15) is 4.79 Å². The van der Waals surface area contributed by atoms with Gasteiger partial charge in [-0.3, -0.25) is 4.79 Å². The maximum Gasteiger partial charge on any atom is 0.226 e. The van der Waals surface area contributed by atoms with Gasteiger partial charge in [0, 0.05) is 25.6 Å². The van der Waals surface area contributed by atoms with E-state index in [0.29, 0.717) is 17.2 Å². The Hall–Kier alpha value is -0.570. The summed E-state index contributed by atoms with van der Waals surface area (Å²) < 4.78 is 0. The lowest BCUT2D eigenvalue weighted by Gasteiger charge is -2.39. The molecule has 4 fully saturated rings. The van der Waals surface area contributed by atoms with Crippen molar-refractivity contribution in [3.8, 4) is 0 Å². The van der Waals surface area contributed by atoms with E-state index < -0.39 is 0 Å². The van der Waals surface area contributed by atoms with Crippen LogP contribution < -0.4 is 5.32 Å². The predicted molar refractivity (Wildman–Crippen MR) is 74.7 cm³/mol. The minimum absolute atomic E-state index is 0.429. The molecule has 0 radical (unpaired) electrons. The molecule has 0 aromatic heterocycles. The van der Waals surface area contributed by atoms with Gasteiger partial charge in [-0.05, 0) is 55.9 Å². The molecule has 1 spiro atoms. The van der Waals surface area contributed by atoms with E-state index in [2.05, 4.69) is 10.2 Å². The zero-order valence-electron chi connectivity index (χ0n) is 11.9. The number of amides is 1. The SMILES string of the molecule is O=C(C1C2CCCCC21)N1CCC2(CCNC2)CC1. The van der Waals surface area contributed by atoms with Crippen molar-refractivity contribution in [1.29, 1.82) is 0 Å². The number of carbonyl (C=O) groups is 1. The van der Waals surface area contributed by atoms with Crippen LogP contribution in [0.25, 0.3) is 0 Å². The number of nitrogens with zero attached hydrogens (tertiary/aromatic N) is 1. The van der Waals surface area contributed by atoms with Crippen LogP contribution in [-0.4, -0.2) is 37.0 Å². The molecule has 0 bridgehead atoms. The predicted octanol–water partition coefficient (Wildman–Crippen LogP) is 2.02. The zero-order chi connectivity index (χ0) is 12.9. The number of likely N-dealkylation sites (tertiary alicyclic amines) is 1. The molecule has 2 heterocycles. The summed E-state index contributed by atoms with van der Waals surface area (Å²) in [6.07, 6.45) is 9.15. The summed E-state index contributed by atoms with van der Waals surface area (Å²) in [6, 6.07) is 0. The molecule has 4 rings (SSSR count). The maximum absolute atomic E-state index is 12.6. The van der Waals surface area contributed by atoms with Gasteiger partial charge in [-0.25, -0.2) is 0 Å². The van der Waals surface area contributed by atoms with Crippen molar-refractivity contribution >= 4 is 5.91 Å². The van der Waals surface area contributed by atoms with E-state index in [-0.39, 0.29) is 0 Å². The summed E-state index contributed by atoms with van der Waals surface area (Å²) >= 11 is 0. The Labute approximate surface area is 116 Å². The van der Waals surface area contributed by atoms with Gasteiger partial charge >= 0.3 is 0 Å².